The molecule has 0 saturated heterocycles. The molecule has 0 aliphatic rings. The molecule has 1 aromatic heterocycles. The minimum absolute atomic E-state index is 0.203. The second-order valence-corrected chi connectivity index (χ2v) is 6.87. The van der Waals surface area contributed by atoms with Gasteiger partial charge in [0, 0.05) is 17.0 Å². The summed E-state index contributed by atoms with van der Waals surface area (Å²) in [4.78, 5) is 11.9. The van der Waals surface area contributed by atoms with Gasteiger partial charge in [-0.15, -0.1) is 0 Å². The zero-order valence-corrected chi connectivity index (χ0v) is 15.9. The molecule has 0 spiro atoms. The van der Waals surface area contributed by atoms with Crippen LogP contribution in [0.2, 0.25) is 0 Å². The van der Waals surface area contributed by atoms with Crippen molar-refractivity contribution in [2.75, 3.05) is 6.61 Å². The maximum absolute atomic E-state index is 11.9. The van der Waals surface area contributed by atoms with Crippen molar-refractivity contribution in [3.8, 4) is 11.3 Å². The molecule has 26 heavy (non-hydrogen) atoms. The second-order valence-electron chi connectivity index (χ2n) is 6.43. The van der Waals surface area contributed by atoms with Gasteiger partial charge in [-0.3, -0.25) is 4.79 Å². The Hall–Kier alpha value is -2.46. The molecule has 0 bridgehead atoms. The number of rotatable bonds is 6. The summed E-state index contributed by atoms with van der Waals surface area (Å²) in [6.45, 7) is 4.58. The fourth-order valence-corrected chi connectivity index (χ4v) is 3.06. The number of ether oxygens (including phenoxy) is 1. The molecule has 0 atom stereocenters. The van der Waals surface area contributed by atoms with Crippen LogP contribution in [0.5, 0.6) is 0 Å². The van der Waals surface area contributed by atoms with E-state index < -0.39 is 0 Å². The maximum Gasteiger partial charge on any atom is 0.310 e. The third kappa shape index (κ3) is 4.38. The molecule has 3 nitrogen and oxygen atoms in total. The van der Waals surface area contributed by atoms with Gasteiger partial charge in [-0.1, -0.05) is 55.4 Å². The predicted octanol–water partition coefficient (Wildman–Crippen LogP) is 6.02. The Morgan fingerprint density at radius 1 is 1.15 bits per heavy atom. The predicted molar refractivity (Wildman–Crippen MR) is 107 cm³/mol. The van der Waals surface area contributed by atoms with Crippen LogP contribution in [-0.2, 0) is 16.0 Å². The highest BCUT2D eigenvalue weighted by Gasteiger charge is 2.09. The van der Waals surface area contributed by atoms with Crippen LogP contribution >= 0.6 is 12.2 Å². The lowest BCUT2D eigenvalue weighted by Gasteiger charge is -2.08. The molecule has 0 N–H and O–H groups in total. The average Bonchev–Trinajstić information content (AvgIpc) is 2.62. The standard InChI is InChI=1S/C22H22O3S/c1-3-4-10-24-22(23)13-16-6-5-7-17(12-16)20-14-21(26)18-11-15(2)8-9-19(18)25-20/h5-9,11-12,14H,3-4,10,13H2,1-2H3. The summed E-state index contributed by atoms with van der Waals surface area (Å²) in [6.07, 6.45) is 2.16. The Balaban J connectivity index is 1.86. The van der Waals surface area contributed by atoms with Gasteiger partial charge < -0.3 is 9.15 Å². The summed E-state index contributed by atoms with van der Waals surface area (Å²) in [5, 5.41) is 0.944. The largest absolute Gasteiger partial charge is 0.465 e. The number of unbranched alkanes of at least 4 members (excludes halogenated alkanes) is 1. The molecule has 0 unspecified atom stereocenters. The number of aryl methyl sites for hydroxylation is 1. The summed E-state index contributed by atoms with van der Waals surface area (Å²) < 4.78 is 12.0. The molecule has 0 aliphatic carbocycles. The zero-order chi connectivity index (χ0) is 18.5. The van der Waals surface area contributed by atoms with Crippen LogP contribution in [0, 0.1) is 11.4 Å². The van der Waals surface area contributed by atoms with Gasteiger partial charge in [-0.2, -0.15) is 0 Å². The lowest BCUT2D eigenvalue weighted by Crippen LogP contribution is -2.08. The molecule has 3 rings (SSSR count). The Bertz CT molecular complexity index is 988. The van der Waals surface area contributed by atoms with E-state index >= 15 is 0 Å². The highest BCUT2D eigenvalue weighted by Crippen LogP contribution is 2.27. The van der Waals surface area contributed by atoms with Crippen LogP contribution in [-0.4, -0.2) is 12.6 Å². The Morgan fingerprint density at radius 2 is 2.00 bits per heavy atom. The van der Waals surface area contributed by atoms with E-state index in [1.54, 1.807) is 0 Å². The first-order valence-electron chi connectivity index (χ1n) is 8.86. The summed E-state index contributed by atoms with van der Waals surface area (Å²) in [5.74, 6) is 0.498. The Kier molecular flexibility index (Phi) is 5.84. The smallest absolute Gasteiger partial charge is 0.310 e. The number of hydrogen-bond acceptors (Lipinski definition) is 4. The lowest BCUT2D eigenvalue weighted by molar-refractivity contribution is -0.142. The van der Waals surface area contributed by atoms with Gasteiger partial charge >= 0.3 is 5.97 Å². The first-order chi connectivity index (χ1) is 12.6. The molecular weight excluding hydrogens is 344 g/mol. The van der Waals surface area contributed by atoms with E-state index in [2.05, 4.69) is 6.92 Å². The fourth-order valence-electron chi connectivity index (χ4n) is 2.79. The molecule has 4 heteroatoms. The molecule has 0 amide bonds. The van der Waals surface area contributed by atoms with Crippen molar-refractivity contribution in [1.82, 2.24) is 0 Å². The van der Waals surface area contributed by atoms with Crippen molar-refractivity contribution in [3.05, 3.63) is 64.2 Å². The lowest BCUT2D eigenvalue weighted by atomic mass is 10.1. The number of carbonyl (C=O) groups is 1. The normalized spacial score (nSPS) is 10.8. The average molecular weight is 366 g/mol. The molecule has 0 aliphatic heterocycles. The number of benzene rings is 2. The maximum atomic E-state index is 11.9. The Labute approximate surface area is 158 Å². The van der Waals surface area contributed by atoms with Gasteiger partial charge in [-0.05, 0) is 37.1 Å². The highest BCUT2D eigenvalue weighted by atomic mass is 32.1. The van der Waals surface area contributed by atoms with E-state index in [1.165, 1.54) is 0 Å². The van der Waals surface area contributed by atoms with Crippen molar-refractivity contribution < 1.29 is 13.9 Å². The summed E-state index contributed by atoms with van der Waals surface area (Å²) in [5.41, 5.74) is 3.71. The van der Waals surface area contributed by atoms with Crippen LogP contribution in [0.1, 0.15) is 30.9 Å². The molecular formula is C22H22O3S. The highest BCUT2D eigenvalue weighted by molar-refractivity contribution is 7.71. The van der Waals surface area contributed by atoms with Crippen LogP contribution in [0.15, 0.2) is 52.9 Å². The molecule has 1 heterocycles. The minimum Gasteiger partial charge on any atom is -0.465 e. The molecule has 2 aromatic carbocycles. The van der Waals surface area contributed by atoms with Gasteiger partial charge in [0.2, 0.25) is 0 Å². The van der Waals surface area contributed by atoms with Gasteiger partial charge in [0.05, 0.1) is 17.5 Å². The number of hydrogen-bond donors (Lipinski definition) is 0. The first kappa shape index (κ1) is 18.3. The monoisotopic (exact) mass is 366 g/mol. The second kappa shape index (κ2) is 8.28. The van der Waals surface area contributed by atoms with Gasteiger partial charge in [0.25, 0.3) is 0 Å². The van der Waals surface area contributed by atoms with E-state index in [9.17, 15) is 4.79 Å². The quantitative estimate of drug-likeness (QED) is 0.304. The van der Waals surface area contributed by atoms with E-state index in [4.69, 9.17) is 21.4 Å². The van der Waals surface area contributed by atoms with Gasteiger partial charge in [0.1, 0.15) is 11.3 Å². The van der Waals surface area contributed by atoms with Crippen molar-refractivity contribution in [3.63, 3.8) is 0 Å². The molecule has 0 radical (unpaired) electrons. The zero-order valence-electron chi connectivity index (χ0n) is 15.1. The van der Waals surface area contributed by atoms with Crippen molar-refractivity contribution in [2.45, 2.75) is 33.1 Å². The van der Waals surface area contributed by atoms with Crippen molar-refractivity contribution >= 4 is 29.2 Å². The third-order valence-electron chi connectivity index (χ3n) is 4.20. The topological polar surface area (TPSA) is 39.4 Å². The third-order valence-corrected chi connectivity index (χ3v) is 4.54. The Morgan fingerprint density at radius 3 is 2.81 bits per heavy atom. The molecule has 134 valence electrons. The summed E-state index contributed by atoms with van der Waals surface area (Å²) >= 11 is 5.53. The van der Waals surface area contributed by atoms with E-state index in [0.29, 0.717) is 12.4 Å². The van der Waals surface area contributed by atoms with Crippen LogP contribution in [0.3, 0.4) is 0 Å². The number of esters is 1. The molecule has 0 saturated carbocycles. The SMILES string of the molecule is CCCCOC(=O)Cc1cccc(-c2cc(=S)c3cc(C)ccc3o2)c1. The van der Waals surface area contributed by atoms with Gasteiger partial charge in [0.15, 0.2) is 0 Å². The molecule has 3 aromatic rings. The number of fused-ring (bicyclic) bond motifs is 1. The number of carbonyl (C=O) groups excluding carboxylic acids is 1. The van der Waals surface area contributed by atoms with Crippen LogP contribution < -0.4 is 0 Å². The fraction of sp³-hybridized carbons (Fsp3) is 0.273. The summed E-state index contributed by atoms with van der Waals surface area (Å²) in [6, 6.07) is 15.6. The minimum atomic E-state index is -0.203. The van der Waals surface area contributed by atoms with Crippen molar-refractivity contribution in [2.24, 2.45) is 0 Å². The van der Waals surface area contributed by atoms with E-state index in [1.807, 2.05) is 55.5 Å². The van der Waals surface area contributed by atoms with E-state index in [0.717, 1.165) is 45.0 Å². The van der Waals surface area contributed by atoms with Crippen LogP contribution in [0.4, 0.5) is 0 Å². The van der Waals surface area contributed by atoms with Gasteiger partial charge in [-0.25, -0.2) is 0 Å². The summed E-state index contributed by atoms with van der Waals surface area (Å²) in [7, 11) is 0. The van der Waals surface area contributed by atoms with Crippen molar-refractivity contribution in [1.29, 1.82) is 0 Å². The van der Waals surface area contributed by atoms with Crippen LogP contribution in [0.25, 0.3) is 22.3 Å². The van der Waals surface area contributed by atoms with E-state index in [-0.39, 0.29) is 12.4 Å². The molecule has 0 fully saturated rings. The first-order valence-corrected chi connectivity index (χ1v) is 9.27.